The van der Waals surface area contributed by atoms with Gasteiger partial charge in [0.1, 0.15) is 11.4 Å². The highest BCUT2D eigenvalue weighted by Gasteiger charge is 2.27. The second-order valence-corrected chi connectivity index (χ2v) is 6.46. The number of rotatable bonds is 5. The maximum atomic E-state index is 14.9. The Morgan fingerprint density at radius 1 is 1.52 bits per heavy atom. The number of carbonyl (C=O) groups is 1. The van der Waals surface area contributed by atoms with E-state index in [4.69, 9.17) is 5.11 Å². The van der Waals surface area contributed by atoms with Gasteiger partial charge in [-0.3, -0.25) is 4.79 Å². The van der Waals surface area contributed by atoms with Crippen LogP contribution < -0.4 is 15.6 Å². The molecule has 1 aliphatic rings. The zero-order chi connectivity index (χ0) is 18.1. The molecule has 1 aliphatic heterocycles. The first kappa shape index (κ1) is 17.4. The second-order valence-electron chi connectivity index (χ2n) is 6.46. The molecule has 3 N–H and O–H groups in total. The summed E-state index contributed by atoms with van der Waals surface area (Å²) in [5.41, 5.74) is 0.722. The largest absolute Gasteiger partial charge is 0.477 e. The van der Waals surface area contributed by atoms with Gasteiger partial charge in [0.25, 0.3) is 0 Å². The number of aromatic carboxylic acids is 1. The van der Waals surface area contributed by atoms with Crippen molar-refractivity contribution in [2.75, 3.05) is 31.6 Å². The molecular weight excluding hydrogens is 325 g/mol. The number of nitrogens with zero attached hydrogens (tertiary/aromatic N) is 1. The molecule has 1 fully saturated rings. The van der Waals surface area contributed by atoms with Crippen LogP contribution in [0.25, 0.3) is 10.9 Å². The van der Waals surface area contributed by atoms with Gasteiger partial charge in [0.15, 0.2) is 0 Å². The Labute approximate surface area is 144 Å². The lowest BCUT2D eigenvalue weighted by molar-refractivity contribution is 0.0695. The predicted octanol–water partition coefficient (Wildman–Crippen LogP) is 1.97. The minimum absolute atomic E-state index is 0.0870. The average Bonchev–Trinajstić information content (AvgIpc) is 3.02. The van der Waals surface area contributed by atoms with E-state index in [1.165, 1.54) is 12.3 Å². The molecule has 1 atom stereocenters. The monoisotopic (exact) mass is 347 g/mol. The van der Waals surface area contributed by atoms with Gasteiger partial charge in [0.05, 0.1) is 11.2 Å². The maximum Gasteiger partial charge on any atom is 0.341 e. The number of fused-ring (bicyclic) bond motifs is 1. The van der Waals surface area contributed by atoms with E-state index in [0.29, 0.717) is 29.1 Å². The standard InChI is InChI=1S/C18H22FN3O3/c1-3-11-15-12(17(23)13(8-21-15)18(24)25)6-14(19)16(11)22-5-4-10(9-22)7-20-2/h6,8,10,20H,3-5,7,9H2,1-2H3,(H,21,23)(H,24,25). The van der Waals surface area contributed by atoms with Crippen LogP contribution in [0.1, 0.15) is 29.3 Å². The minimum atomic E-state index is -1.32. The fraction of sp³-hybridized carbons (Fsp3) is 0.444. The number of aromatic nitrogens is 1. The van der Waals surface area contributed by atoms with Crippen LogP contribution in [0.3, 0.4) is 0 Å². The zero-order valence-corrected chi connectivity index (χ0v) is 14.4. The number of aryl methyl sites for hydroxylation is 1. The Balaban J connectivity index is 2.15. The summed E-state index contributed by atoms with van der Waals surface area (Å²) in [5.74, 6) is -1.33. The molecule has 134 valence electrons. The molecule has 6 nitrogen and oxygen atoms in total. The molecule has 7 heteroatoms. The number of carboxylic acid groups (broad SMARTS) is 1. The average molecular weight is 347 g/mol. The first-order valence-electron chi connectivity index (χ1n) is 8.47. The molecule has 1 aromatic heterocycles. The predicted molar refractivity (Wildman–Crippen MR) is 95.1 cm³/mol. The van der Waals surface area contributed by atoms with Crippen molar-refractivity contribution in [2.24, 2.45) is 5.92 Å². The lowest BCUT2D eigenvalue weighted by Gasteiger charge is -2.24. The number of pyridine rings is 1. The molecule has 3 rings (SSSR count). The summed E-state index contributed by atoms with van der Waals surface area (Å²) in [7, 11) is 1.90. The van der Waals surface area contributed by atoms with E-state index in [-0.39, 0.29) is 10.9 Å². The number of H-pyrrole nitrogens is 1. The van der Waals surface area contributed by atoms with Crippen molar-refractivity contribution in [3.8, 4) is 0 Å². The van der Waals surface area contributed by atoms with Gasteiger partial charge < -0.3 is 20.3 Å². The molecule has 0 saturated carbocycles. The van der Waals surface area contributed by atoms with Crippen molar-refractivity contribution in [1.82, 2.24) is 10.3 Å². The molecule has 0 amide bonds. The second kappa shape index (κ2) is 6.84. The van der Waals surface area contributed by atoms with Gasteiger partial charge in [-0.15, -0.1) is 0 Å². The van der Waals surface area contributed by atoms with Gasteiger partial charge in [0, 0.05) is 30.2 Å². The first-order chi connectivity index (χ1) is 12.0. The quantitative estimate of drug-likeness (QED) is 0.770. The fourth-order valence-corrected chi connectivity index (χ4v) is 3.73. The molecule has 1 unspecified atom stereocenters. The molecule has 1 aromatic carbocycles. The molecule has 0 radical (unpaired) electrons. The van der Waals surface area contributed by atoms with Gasteiger partial charge >= 0.3 is 5.97 Å². The Morgan fingerprint density at radius 3 is 2.92 bits per heavy atom. The Bertz CT molecular complexity index is 878. The van der Waals surface area contributed by atoms with E-state index in [0.717, 1.165) is 26.1 Å². The number of hydrogen-bond donors (Lipinski definition) is 3. The fourth-order valence-electron chi connectivity index (χ4n) is 3.73. The number of carboxylic acids is 1. The van der Waals surface area contributed by atoms with Crippen molar-refractivity contribution in [3.63, 3.8) is 0 Å². The van der Waals surface area contributed by atoms with Crippen LogP contribution in [0.5, 0.6) is 0 Å². The molecule has 1 saturated heterocycles. The normalized spacial score (nSPS) is 17.4. The van der Waals surface area contributed by atoms with Crippen LogP contribution in [0, 0.1) is 11.7 Å². The summed E-state index contributed by atoms with van der Waals surface area (Å²) in [6.07, 6.45) is 2.72. The lowest BCUT2D eigenvalue weighted by atomic mass is 10.0. The number of halogens is 1. The van der Waals surface area contributed by atoms with Crippen molar-refractivity contribution in [2.45, 2.75) is 19.8 Å². The summed E-state index contributed by atoms with van der Waals surface area (Å²) in [5, 5.41) is 12.3. The third kappa shape index (κ3) is 3.00. The Kier molecular flexibility index (Phi) is 4.76. The first-order valence-corrected chi connectivity index (χ1v) is 8.47. The summed E-state index contributed by atoms with van der Waals surface area (Å²) < 4.78 is 14.9. The van der Waals surface area contributed by atoms with Crippen molar-refractivity contribution in [3.05, 3.63) is 39.4 Å². The van der Waals surface area contributed by atoms with Crippen LogP contribution in [0.2, 0.25) is 0 Å². The van der Waals surface area contributed by atoms with E-state index in [1.54, 1.807) is 0 Å². The lowest BCUT2D eigenvalue weighted by Crippen LogP contribution is -2.26. The van der Waals surface area contributed by atoms with Gasteiger partial charge in [-0.1, -0.05) is 6.92 Å². The Morgan fingerprint density at radius 2 is 2.28 bits per heavy atom. The maximum absolute atomic E-state index is 14.9. The summed E-state index contributed by atoms with van der Waals surface area (Å²) in [6, 6.07) is 1.17. The van der Waals surface area contributed by atoms with Crippen LogP contribution in [0.15, 0.2) is 17.1 Å². The van der Waals surface area contributed by atoms with Crippen molar-refractivity contribution < 1.29 is 14.3 Å². The number of anilines is 1. The van der Waals surface area contributed by atoms with E-state index < -0.39 is 17.2 Å². The molecule has 2 aromatic rings. The van der Waals surface area contributed by atoms with Crippen molar-refractivity contribution >= 4 is 22.6 Å². The molecular formula is C18H22FN3O3. The zero-order valence-electron chi connectivity index (χ0n) is 14.4. The van der Waals surface area contributed by atoms with Crippen LogP contribution in [0.4, 0.5) is 10.1 Å². The highest BCUT2D eigenvalue weighted by Crippen LogP contribution is 2.34. The molecule has 0 spiro atoms. The number of hydrogen-bond acceptors (Lipinski definition) is 4. The smallest absolute Gasteiger partial charge is 0.341 e. The SMILES string of the molecule is CCc1c(N2CCC(CNC)C2)c(F)cc2c(=O)c(C(=O)O)c[nH]c12. The highest BCUT2D eigenvalue weighted by molar-refractivity contribution is 5.94. The highest BCUT2D eigenvalue weighted by atomic mass is 19.1. The molecule has 25 heavy (non-hydrogen) atoms. The Hall–Kier alpha value is -2.41. The van der Waals surface area contributed by atoms with Gasteiger partial charge in [0.2, 0.25) is 5.43 Å². The van der Waals surface area contributed by atoms with Gasteiger partial charge in [-0.25, -0.2) is 9.18 Å². The van der Waals surface area contributed by atoms with E-state index in [9.17, 15) is 14.0 Å². The van der Waals surface area contributed by atoms with E-state index in [1.807, 2.05) is 18.9 Å². The topological polar surface area (TPSA) is 85.4 Å². The number of benzene rings is 1. The molecule has 0 bridgehead atoms. The summed E-state index contributed by atoms with van der Waals surface area (Å²) in [4.78, 5) is 28.5. The van der Waals surface area contributed by atoms with Crippen molar-refractivity contribution in [1.29, 1.82) is 0 Å². The van der Waals surface area contributed by atoms with E-state index >= 15 is 0 Å². The number of nitrogens with one attached hydrogen (secondary N) is 2. The van der Waals surface area contributed by atoms with Crippen LogP contribution >= 0.6 is 0 Å². The third-order valence-electron chi connectivity index (χ3n) is 4.88. The summed E-state index contributed by atoms with van der Waals surface area (Å²) >= 11 is 0. The van der Waals surface area contributed by atoms with E-state index in [2.05, 4.69) is 10.3 Å². The van der Waals surface area contributed by atoms with Crippen LogP contribution in [-0.4, -0.2) is 42.7 Å². The summed E-state index contributed by atoms with van der Waals surface area (Å²) in [6.45, 7) is 4.31. The van der Waals surface area contributed by atoms with Gasteiger partial charge in [-0.2, -0.15) is 0 Å². The minimum Gasteiger partial charge on any atom is -0.477 e. The van der Waals surface area contributed by atoms with Gasteiger partial charge in [-0.05, 0) is 38.4 Å². The molecule has 0 aliphatic carbocycles. The molecule has 2 heterocycles. The number of aromatic amines is 1. The van der Waals surface area contributed by atoms with Crippen LogP contribution in [-0.2, 0) is 6.42 Å². The third-order valence-corrected chi connectivity index (χ3v) is 4.88.